The molecule has 110 valence electrons. The van der Waals surface area contributed by atoms with E-state index in [1.54, 1.807) is 7.11 Å². The highest BCUT2D eigenvalue weighted by Crippen LogP contribution is 2.24. The third kappa shape index (κ3) is 4.18. The van der Waals surface area contributed by atoms with Crippen LogP contribution in [-0.2, 0) is 24.6 Å². The summed E-state index contributed by atoms with van der Waals surface area (Å²) in [4.78, 5) is 0. The second-order valence-electron chi connectivity index (χ2n) is 5.42. The fraction of sp³-hybridized carbons (Fsp3) is 0.769. The van der Waals surface area contributed by atoms with Gasteiger partial charge in [0.25, 0.3) is 0 Å². The predicted octanol–water partition coefficient (Wildman–Crippen LogP) is 1.83. The number of hydrogen-bond acceptors (Lipinski definition) is 4. The van der Waals surface area contributed by atoms with Crippen LogP contribution < -0.4 is 11.3 Å². The lowest BCUT2D eigenvalue weighted by molar-refractivity contribution is 0.00697. The zero-order valence-corrected chi connectivity index (χ0v) is 13.2. The molecule has 0 aromatic carbocycles. The van der Waals surface area contributed by atoms with Gasteiger partial charge in [-0.2, -0.15) is 5.10 Å². The number of hydrazine groups is 1. The molecule has 0 spiro atoms. The lowest BCUT2D eigenvalue weighted by Gasteiger charge is -2.28. The first-order valence-corrected chi connectivity index (χ1v) is 6.94. The van der Waals surface area contributed by atoms with Crippen LogP contribution in [0.4, 0.5) is 0 Å². The summed E-state index contributed by atoms with van der Waals surface area (Å²) in [7, 11) is 3.62. The van der Waals surface area contributed by atoms with Gasteiger partial charge in [0.1, 0.15) is 0 Å². The lowest BCUT2D eigenvalue weighted by atomic mass is 9.96. The van der Waals surface area contributed by atoms with Crippen LogP contribution in [0.5, 0.6) is 0 Å². The molecule has 0 bridgehead atoms. The molecule has 1 aromatic heterocycles. The molecule has 1 aromatic rings. The zero-order valence-electron chi connectivity index (χ0n) is 12.5. The molecule has 1 atom stereocenters. The van der Waals surface area contributed by atoms with E-state index in [-0.39, 0.29) is 11.6 Å². The van der Waals surface area contributed by atoms with Gasteiger partial charge in [0.2, 0.25) is 0 Å². The van der Waals surface area contributed by atoms with E-state index >= 15 is 0 Å². The normalized spacial score (nSPS) is 13.8. The van der Waals surface area contributed by atoms with Crippen molar-refractivity contribution in [2.24, 2.45) is 12.9 Å². The van der Waals surface area contributed by atoms with Crippen LogP contribution in [0.1, 0.15) is 38.6 Å². The van der Waals surface area contributed by atoms with E-state index in [0.717, 1.165) is 35.7 Å². The molecule has 0 aliphatic carbocycles. The van der Waals surface area contributed by atoms with Crippen LogP contribution in [0.15, 0.2) is 0 Å². The van der Waals surface area contributed by atoms with E-state index < -0.39 is 0 Å². The second-order valence-corrected chi connectivity index (χ2v) is 5.80. The van der Waals surface area contributed by atoms with Gasteiger partial charge in [-0.25, -0.2) is 0 Å². The molecule has 0 amide bonds. The van der Waals surface area contributed by atoms with Crippen LogP contribution in [0.2, 0.25) is 5.02 Å². The molecular formula is C13H25ClN4O. The number of ether oxygens (including phenoxy) is 1. The topological polar surface area (TPSA) is 65.1 Å². The maximum absolute atomic E-state index is 6.35. The summed E-state index contributed by atoms with van der Waals surface area (Å²) in [5, 5.41) is 5.17. The van der Waals surface area contributed by atoms with Crippen molar-refractivity contribution in [2.75, 3.05) is 7.11 Å². The van der Waals surface area contributed by atoms with Crippen LogP contribution >= 0.6 is 11.6 Å². The Morgan fingerprint density at radius 2 is 2.16 bits per heavy atom. The van der Waals surface area contributed by atoms with Gasteiger partial charge in [0, 0.05) is 26.6 Å². The molecule has 3 N–H and O–H groups in total. The second kappa shape index (κ2) is 6.70. The van der Waals surface area contributed by atoms with Crippen molar-refractivity contribution in [1.82, 2.24) is 15.2 Å². The third-order valence-corrected chi connectivity index (χ3v) is 3.91. The molecule has 0 aliphatic heterocycles. The van der Waals surface area contributed by atoms with Gasteiger partial charge in [-0.05, 0) is 26.7 Å². The summed E-state index contributed by atoms with van der Waals surface area (Å²) >= 11 is 6.35. The summed E-state index contributed by atoms with van der Waals surface area (Å²) < 4.78 is 7.28. The van der Waals surface area contributed by atoms with E-state index in [9.17, 15) is 0 Å². The summed E-state index contributed by atoms with van der Waals surface area (Å²) in [5.41, 5.74) is 4.56. The van der Waals surface area contributed by atoms with Crippen molar-refractivity contribution >= 4 is 11.6 Å². The number of halogens is 1. The van der Waals surface area contributed by atoms with Crippen molar-refractivity contribution < 1.29 is 4.74 Å². The standard InChI is InChI=1S/C13H25ClN4O/c1-6-10-12(14)11(18(4)17-10)7-9(16-15)8-13(2,3)19-5/h9,16H,6-8,15H2,1-5H3. The number of hydrogen-bond donors (Lipinski definition) is 2. The highest BCUT2D eigenvalue weighted by molar-refractivity contribution is 6.31. The predicted molar refractivity (Wildman–Crippen MR) is 78.1 cm³/mol. The van der Waals surface area contributed by atoms with Crippen LogP contribution in [0.3, 0.4) is 0 Å². The Balaban J connectivity index is 2.84. The Labute approximate surface area is 120 Å². The Hall–Kier alpha value is -0.620. The average Bonchev–Trinajstić information content (AvgIpc) is 2.64. The maximum atomic E-state index is 6.35. The molecule has 0 fully saturated rings. The number of rotatable bonds is 7. The van der Waals surface area contributed by atoms with E-state index in [1.807, 2.05) is 32.5 Å². The number of aryl methyl sites for hydroxylation is 2. The maximum Gasteiger partial charge on any atom is 0.0850 e. The first-order valence-electron chi connectivity index (χ1n) is 6.56. The summed E-state index contributed by atoms with van der Waals surface area (Å²) in [6.07, 6.45) is 2.35. The number of nitrogens with one attached hydrogen (secondary N) is 1. The Morgan fingerprint density at radius 3 is 2.58 bits per heavy atom. The Bertz CT molecular complexity index is 417. The van der Waals surface area contributed by atoms with Gasteiger partial charge in [-0.15, -0.1) is 0 Å². The van der Waals surface area contributed by atoms with Crippen molar-refractivity contribution in [3.05, 3.63) is 16.4 Å². The minimum atomic E-state index is -0.226. The highest BCUT2D eigenvalue weighted by Gasteiger charge is 2.24. The molecule has 0 aliphatic rings. The fourth-order valence-electron chi connectivity index (χ4n) is 2.14. The molecule has 19 heavy (non-hydrogen) atoms. The number of methoxy groups -OCH3 is 1. The third-order valence-electron chi connectivity index (χ3n) is 3.47. The molecular weight excluding hydrogens is 264 g/mol. The van der Waals surface area contributed by atoms with Crippen LogP contribution in [-0.4, -0.2) is 28.5 Å². The minimum Gasteiger partial charge on any atom is -0.379 e. The monoisotopic (exact) mass is 288 g/mol. The van der Waals surface area contributed by atoms with Crippen molar-refractivity contribution in [2.45, 2.75) is 51.7 Å². The molecule has 1 rings (SSSR count). The van der Waals surface area contributed by atoms with Crippen LogP contribution in [0, 0.1) is 0 Å². The number of nitrogens with zero attached hydrogens (tertiary/aromatic N) is 2. The van der Waals surface area contributed by atoms with Crippen molar-refractivity contribution in [3.63, 3.8) is 0 Å². The van der Waals surface area contributed by atoms with E-state index in [1.165, 1.54) is 0 Å². The zero-order chi connectivity index (χ0) is 14.6. The molecule has 6 heteroatoms. The summed E-state index contributed by atoms with van der Waals surface area (Å²) in [5.74, 6) is 5.64. The van der Waals surface area contributed by atoms with E-state index in [0.29, 0.717) is 0 Å². The van der Waals surface area contributed by atoms with E-state index in [4.69, 9.17) is 22.2 Å². The van der Waals surface area contributed by atoms with Gasteiger partial charge in [-0.3, -0.25) is 16.0 Å². The van der Waals surface area contributed by atoms with Gasteiger partial charge in [-0.1, -0.05) is 18.5 Å². The first kappa shape index (κ1) is 16.4. The summed E-state index contributed by atoms with van der Waals surface area (Å²) in [6.45, 7) is 6.13. The van der Waals surface area contributed by atoms with E-state index in [2.05, 4.69) is 10.5 Å². The Kier molecular flexibility index (Phi) is 5.80. The largest absolute Gasteiger partial charge is 0.379 e. The molecule has 0 radical (unpaired) electrons. The van der Waals surface area contributed by atoms with Gasteiger partial charge in [0.15, 0.2) is 0 Å². The molecule has 0 saturated carbocycles. The lowest BCUT2D eigenvalue weighted by Crippen LogP contribution is -2.42. The average molecular weight is 289 g/mol. The first-order chi connectivity index (χ1) is 8.84. The Morgan fingerprint density at radius 1 is 1.53 bits per heavy atom. The molecule has 0 saturated heterocycles. The highest BCUT2D eigenvalue weighted by atomic mass is 35.5. The van der Waals surface area contributed by atoms with Gasteiger partial charge in [0.05, 0.1) is 22.0 Å². The fourth-order valence-corrected chi connectivity index (χ4v) is 2.51. The number of nitrogens with two attached hydrogens (primary N) is 1. The van der Waals surface area contributed by atoms with Crippen molar-refractivity contribution in [3.8, 4) is 0 Å². The minimum absolute atomic E-state index is 0.0903. The SMILES string of the molecule is CCc1nn(C)c(CC(CC(C)(C)OC)NN)c1Cl. The van der Waals surface area contributed by atoms with Crippen molar-refractivity contribution in [1.29, 1.82) is 0 Å². The summed E-state index contributed by atoms with van der Waals surface area (Å²) in [6, 6.07) is 0.0903. The molecule has 1 heterocycles. The van der Waals surface area contributed by atoms with Gasteiger partial charge >= 0.3 is 0 Å². The number of aromatic nitrogens is 2. The van der Waals surface area contributed by atoms with Gasteiger partial charge < -0.3 is 4.74 Å². The molecule has 1 unspecified atom stereocenters. The molecule has 5 nitrogen and oxygen atoms in total. The quantitative estimate of drug-likeness (QED) is 0.593. The smallest absolute Gasteiger partial charge is 0.0850 e. The van der Waals surface area contributed by atoms with Crippen LogP contribution in [0.25, 0.3) is 0 Å².